The van der Waals surface area contributed by atoms with E-state index in [2.05, 4.69) is 5.32 Å². The minimum absolute atomic E-state index is 0.140. The van der Waals surface area contributed by atoms with E-state index in [1.165, 1.54) is 0 Å². The molecule has 1 fully saturated rings. The fourth-order valence-corrected chi connectivity index (χ4v) is 2.76. The minimum Gasteiger partial charge on any atom is -0.480 e. The Bertz CT molecular complexity index is 521. The Kier molecular flexibility index (Phi) is 4.88. The van der Waals surface area contributed by atoms with Crippen LogP contribution in [0.5, 0.6) is 0 Å². The number of carboxylic acid groups (broad SMARTS) is 1. The molecule has 2 N–H and O–H groups in total. The molecule has 1 aromatic rings. The number of carbonyl (C=O) groups is 2. The molecule has 0 heterocycles. The van der Waals surface area contributed by atoms with Gasteiger partial charge in [0.05, 0.1) is 0 Å². The van der Waals surface area contributed by atoms with Crippen LogP contribution in [0.4, 0.5) is 8.78 Å². The summed E-state index contributed by atoms with van der Waals surface area (Å²) < 4.78 is 26.2. The van der Waals surface area contributed by atoms with Gasteiger partial charge in [0.2, 0.25) is 0 Å². The van der Waals surface area contributed by atoms with Crippen molar-refractivity contribution in [1.29, 1.82) is 0 Å². The van der Waals surface area contributed by atoms with E-state index >= 15 is 0 Å². The molecule has 1 aliphatic carbocycles. The maximum absolute atomic E-state index is 13.1. The first-order valence-electron chi connectivity index (χ1n) is 6.97. The zero-order valence-electron chi connectivity index (χ0n) is 11.4. The van der Waals surface area contributed by atoms with E-state index in [0.29, 0.717) is 6.07 Å². The molecule has 21 heavy (non-hydrogen) atoms. The number of benzene rings is 1. The summed E-state index contributed by atoms with van der Waals surface area (Å²) in [6.07, 6.45) is 4.38. The molecule has 0 aliphatic heterocycles. The van der Waals surface area contributed by atoms with Crippen molar-refractivity contribution in [2.24, 2.45) is 5.92 Å². The van der Waals surface area contributed by atoms with Gasteiger partial charge in [-0.05, 0) is 30.9 Å². The van der Waals surface area contributed by atoms with Crippen LogP contribution in [-0.4, -0.2) is 23.0 Å². The standard InChI is InChI=1S/C15H17F2NO3/c16-11-6-10(7-12(17)8-11)14(19)18-13(15(20)21)9-4-2-1-3-5-9/h6-9,13H,1-5H2,(H,18,19)(H,20,21). The lowest BCUT2D eigenvalue weighted by molar-refractivity contribution is -0.141. The van der Waals surface area contributed by atoms with Gasteiger partial charge < -0.3 is 10.4 Å². The zero-order valence-corrected chi connectivity index (χ0v) is 11.4. The Morgan fingerprint density at radius 1 is 1.10 bits per heavy atom. The van der Waals surface area contributed by atoms with E-state index in [1.807, 2.05) is 0 Å². The second-order valence-corrected chi connectivity index (χ2v) is 5.35. The Labute approximate surface area is 121 Å². The van der Waals surface area contributed by atoms with E-state index < -0.39 is 29.6 Å². The number of amides is 1. The summed E-state index contributed by atoms with van der Waals surface area (Å²) in [4.78, 5) is 23.3. The molecule has 1 atom stereocenters. The van der Waals surface area contributed by atoms with E-state index in [-0.39, 0.29) is 11.5 Å². The first-order chi connectivity index (χ1) is 9.97. The molecular formula is C15H17F2NO3. The molecular weight excluding hydrogens is 280 g/mol. The van der Waals surface area contributed by atoms with Gasteiger partial charge in [0, 0.05) is 11.6 Å². The lowest BCUT2D eigenvalue weighted by Crippen LogP contribution is -2.46. The molecule has 1 unspecified atom stereocenters. The van der Waals surface area contributed by atoms with Gasteiger partial charge in [-0.25, -0.2) is 13.6 Å². The third-order valence-electron chi connectivity index (χ3n) is 3.80. The van der Waals surface area contributed by atoms with E-state index in [1.54, 1.807) is 0 Å². The van der Waals surface area contributed by atoms with Crippen LogP contribution in [0.1, 0.15) is 42.5 Å². The molecule has 0 aromatic heterocycles. The predicted molar refractivity (Wildman–Crippen MR) is 71.8 cm³/mol. The number of hydrogen-bond donors (Lipinski definition) is 2. The van der Waals surface area contributed by atoms with Crippen LogP contribution in [0.3, 0.4) is 0 Å². The van der Waals surface area contributed by atoms with Gasteiger partial charge >= 0.3 is 5.97 Å². The molecule has 1 aromatic carbocycles. The average molecular weight is 297 g/mol. The van der Waals surface area contributed by atoms with Crippen LogP contribution in [0.15, 0.2) is 18.2 Å². The van der Waals surface area contributed by atoms with Gasteiger partial charge in [-0.15, -0.1) is 0 Å². The second kappa shape index (κ2) is 6.65. The number of rotatable bonds is 4. The predicted octanol–water partition coefficient (Wildman–Crippen LogP) is 2.73. The van der Waals surface area contributed by atoms with Crippen LogP contribution in [0.2, 0.25) is 0 Å². The van der Waals surface area contributed by atoms with Gasteiger partial charge in [-0.2, -0.15) is 0 Å². The van der Waals surface area contributed by atoms with Crippen LogP contribution >= 0.6 is 0 Å². The summed E-state index contributed by atoms with van der Waals surface area (Å²) in [7, 11) is 0. The summed E-state index contributed by atoms with van der Waals surface area (Å²) in [5.74, 6) is -3.77. The van der Waals surface area contributed by atoms with Crippen molar-refractivity contribution in [3.8, 4) is 0 Å². The smallest absolute Gasteiger partial charge is 0.326 e. The third-order valence-corrected chi connectivity index (χ3v) is 3.80. The third kappa shape index (κ3) is 4.00. The SMILES string of the molecule is O=C(NC(C(=O)O)C1CCCCC1)c1cc(F)cc(F)c1. The highest BCUT2D eigenvalue weighted by Gasteiger charge is 2.31. The average Bonchev–Trinajstić information content (AvgIpc) is 2.44. The zero-order chi connectivity index (χ0) is 15.4. The minimum atomic E-state index is -1.12. The van der Waals surface area contributed by atoms with Crippen molar-refractivity contribution in [2.75, 3.05) is 0 Å². The van der Waals surface area contributed by atoms with Gasteiger partial charge in [-0.1, -0.05) is 19.3 Å². The fourth-order valence-electron chi connectivity index (χ4n) is 2.76. The van der Waals surface area contributed by atoms with Gasteiger partial charge in [0.15, 0.2) is 0 Å². The maximum atomic E-state index is 13.1. The van der Waals surface area contributed by atoms with E-state index in [0.717, 1.165) is 44.2 Å². The number of hydrogen-bond acceptors (Lipinski definition) is 2. The van der Waals surface area contributed by atoms with Crippen molar-refractivity contribution in [3.63, 3.8) is 0 Å². The van der Waals surface area contributed by atoms with Crippen LogP contribution in [0.25, 0.3) is 0 Å². The van der Waals surface area contributed by atoms with E-state index in [4.69, 9.17) is 0 Å². The first kappa shape index (κ1) is 15.4. The maximum Gasteiger partial charge on any atom is 0.326 e. The van der Waals surface area contributed by atoms with Crippen LogP contribution in [0, 0.1) is 17.6 Å². The van der Waals surface area contributed by atoms with Crippen molar-refractivity contribution < 1.29 is 23.5 Å². The molecule has 0 spiro atoms. The normalized spacial score (nSPS) is 17.2. The van der Waals surface area contributed by atoms with Crippen molar-refractivity contribution in [2.45, 2.75) is 38.1 Å². The monoisotopic (exact) mass is 297 g/mol. The number of carboxylic acids is 1. The highest BCUT2D eigenvalue weighted by Crippen LogP contribution is 2.27. The lowest BCUT2D eigenvalue weighted by atomic mass is 9.84. The summed E-state index contributed by atoms with van der Waals surface area (Å²) in [6, 6.07) is 1.41. The first-order valence-corrected chi connectivity index (χ1v) is 6.97. The van der Waals surface area contributed by atoms with Crippen molar-refractivity contribution in [1.82, 2.24) is 5.32 Å². The summed E-state index contributed by atoms with van der Waals surface area (Å²) in [5, 5.41) is 11.7. The molecule has 2 rings (SSSR count). The largest absolute Gasteiger partial charge is 0.480 e. The molecule has 1 saturated carbocycles. The Balaban J connectivity index is 2.12. The molecule has 114 valence electrons. The molecule has 0 bridgehead atoms. The van der Waals surface area contributed by atoms with Gasteiger partial charge in [0.25, 0.3) is 5.91 Å². The highest BCUT2D eigenvalue weighted by atomic mass is 19.1. The van der Waals surface area contributed by atoms with Gasteiger partial charge in [-0.3, -0.25) is 4.79 Å². The number of aliphatic carboxylic acids is 1. The molecule has 1 amide bonds. The Morgan fingerprint density at radius 2 is 1.67 bits per heavy atom. The number of carbonyl (C=O) groups excluding carboxylic acids is 1. The van der Waals surface area contributed by atoms with Crippen LogP contribution < -0.4 is 5.32 Å². The number of halogens is 2. The molecule has 0 radical (unpaired) electrons. The highest BCUT2D eigenvalue weighted by molar-refractivity contribution is 5.96. The summed E-state index contributed by atoms with van der Waals surface area (Å²) in [5.41, 5.74) is -0.213. The Morgan fingerprint density at radius 3 is 2.19 bits per heavy atom. The lowest BCUT2D eigenvalue weighted by Gasteiger charge is -2.28. The second-order valence-electron chi connectivity index (χ2n) is 5.35. The topological polar surface area (TPSA) is 66.4 Å². The van der Waals surface area contributed by atoms with E-state index in [9.17, 15) is 23.5 Å². The fraction of sp³-hybridized carbons (Fsp3) is 0.467. The quantitative estimate of drug-likeness (QED) is 0.898. The molecule has 1 aliphatic rings. The molecule has 0 saturated heterocycles. The Hall–Kier alpha value is -1.98. The van der Waals surface area contributed by atoms with Crippen molar-refractivity contribution in [3.05, 3.63) is 35.4 Å². The van der Waals surface area contributed by atoms with Crippen LogP contribution in [-0.2, 0) is 4.79 Å². The molecule has 4 nitrogen and oxygen atoms in total. The van der Waals surface area contributed by atoms with Gasteiger partial charge in [0.1, 0.15) is 17.7 Å². The summed E-state index contributed by atoms with van der Waals surface area (Å²) in [6.45, 7) is 0. The van der Waals surface area contributed by atoms with Crippen molar-refractivity contribution >= 4 is 11.9 Å². The molecule has 6 heteroatoms. The number of nitrogens with one attached hydrogen (secondary N) is 1. The summed E-state index contributed by atoms with van der Waals surface area (Å²) >= 11 is 0.